The van der Waals surface area contributed by atoms with E-state index in [9.17, 15) is 9.59 Å². The number of carbonyl (C=O) groups excluding carboxylic acids is 2. The third kappa shape index (κ3) is 3.44. The van der Waals surface area contributed by atoms with Gasteiger partial charge in [0.1, 0.15) is 0 Å². The molecule has 0 aliphatic carbocycles. The SMILES string of the molecule is Cc1ccc(C(=O)N2CC3CC(C2)N3C(=O)C#CC(C)(C)N(C)C)s1. The summed E-state index contributed by atoms with van der Waals surface area (Å²) in [7, 11) is 3.90. The molecule has 6 heteroatoms. The van der Waals surface area contributed by atoms with Gasteiger partial charge in [0.05, 0.1) is 22.5 Å². The van der Waals surface area contributed by atoms with Crippen LogP contribution in [0.25, 0.3) is 0 Å². The van der Waals surface area contributed by atoms with E-state index in [4.69, 9.17) is 0 Å². The number of amides is 2. The van der Waals surface area contributed by atoms with Gasteiger partial charge in [0.2, 0.25) is 0 Å². The van der Waals surface area contributed by atoms with Crippen LogP contribution in [0.3, 0.4) is 0 Å². The van der Waals surface area contributed by atoms with Crippen LogP contribution in [0.4, 0.5) is 0 Å². The van der Waals surface area contributed by atoms with Crippen LogP contribution in [-0.4, -0.2) is 71.3 Å². The molecule has 0 N–H and O–H groups in total. The van der Waals surface area contributed by atoms with Gasteiger partial charge >= 0.3 is 0 Å². The lowest BCUT2D eigenvalue weighted by molar-refractivity contribution is -0.145. The topological polar surface area (TPSA) is 43.9 Å². The molecule has 3 fully saturated rings. The molecule has 4 rings (SSSR count). The highest BCUT2D eigenvalue weighted by Crippen LogP contribution is 2.33. The molecule has 134 valence electrons. The molecule has 0 aromatic carbocycles. The second-order valence-corrected chi connectivity index (χ2v) is 8.87. The molecule has 3 aliphatic rings. The molecular formula is C19H25N3O2S. The summed E-state index contributed by atoms with van der Waals surface area (Å²) in [6.07, 6.45) is 0.970. The molecule has 1 aromatic rings. The summed E-state index contributed by atoms with van der Waals surface area (Å²) in [5, 5.41) is 0. The Balaban J connectivity index is 1.64. The zero-order valence-corrected chi connectivity index (χ0v) is 16.3. The second kappa shape index (κ2) is 6.47. The van der Waals surface area contributed by atoms with E-state index in [0.717, 1.165) is 16.2 Å². The number of rotatable bonds is 2. The summed E-state index contributed by atoms with van der Waals surface area (Å²) in [4.78, 5) is 32.7. The van der Waals surface area contributed by atoms with Crippen molar-refractivity contribution in [3.63, 3.8) is 0 Å². The van der Waals surface area contributed by atoms with Gasteiger partial charge in [0.25, 0.3) is 11.8 Å². The van der Waals surface area contributed by atoms with Crippen LogP contribution in [0.1, 0.15) is 34.8 Å². The van der Waals surface area contributed by atoms with Crippen LogP contribution in [0.5, 0.6) is 0 Å². The standard InChI is InChI=1S/C19H25N3O2S/c1-13-6-7-16(25-13)18(24)21-11-14-10-15(12-21)22(14)17(23)8-9-19(2,3)20(4)5/h6-7,14-15H,10-12H2,1-5H3. The first-order valence-electron chi connectivity index (χ1n) is 8.57. The lowest BCUT2D eigenvalue weighted by Crippen LogP contribution is -2.70. The molecule has 2 unspecified atom stereocenters. The van der Waals surface area contributed by atoms with E-state index in [1.807, 2.05) is 61.7 Å². The Bertz CT molecular complexity index is 744. The van der Waals surface area contributed by atoms with E-state index in [1.54, 1.807) is 0 Å². The normalized spacial score (nSPS) is 22.3. The first-order valence-corrected chi connectivity index (χ1v) is 9.39. The lowest BCUT2D eigenvalue weighted by Gasteiger charge is -2.55. The maximum atomic E-state index is 12.6. The third-order valence-corrected chi connectivity index (χ3v) is 6.25. The van der Waals surface area contributed by atoms with Crippen LogP contribution in [-0.2, 0) is 4.79 Å². The molecule has 3 aliphatic heterocycles. The Hall–Kier alpha value is -1.84. The van der Waals surface area contributed by atoms with Crippen molar-refractivity contribution in [3.8, 4) is 11.8 Å². The lowest BCUT2D eigenvalue weighted by atomic mass is 9.87. The summed E-state index contributed by atoms with van der Waals surface area (Å²) >= 11 is 1.53. The van der Waals surface area contributed by atoms with Gasteiger partial charge in [-0.15, -0.1) is 11.3 Å². The van der Waals surface area contributed by atoms with Crippen molar-refractivity contribution in [2.24, 2.45) is 0 Å². The molecule has 1 aromatic heterocycles. The minimum atomic E-state index is -0.339. The summed E-state index contributed by atoms with van der Waals surface area (Å²) in [5.41, 5.74) is -0.339. The van der Waals surface area contributed by atoms with Gasteiger partial charge in [0.15, 0.2) is 0 Å². The predicted molar refractivity (Wildman–Crippen MR) is 99.5 cm³/mol. The quantitative estimate of drug-likeness (QED) is 0.757. The van der Waals surface area contributed by atoms with E-state index < -0.39 is 0 Å². The maximum absolute atomic E-state index is 12.6. The fourth-order valence-electron chi connectivity index (χ4n) is 3.20. The van der Waals surface area contributed by atoms with Crippen molar-refractivity contribution in [3.05, 3.63) is 21.9 Å². The predicted octanol–water partition coefficient (Wildman–Crippen LogP) is 1.83. The maximum Gasteiger partial charge on any atom is 0.299 e. The molecule has 25 heavy (non-hydrogen) atoms. The zero-order valence-electron chi connectivity index (χ0n) is 15.5. The van der Waals surface area contributed by atoms with Crippen LogP contribution in [0.15, 0.2) is 12.1 Å². The number of piperazine rings is 1. The Morgan fingerprint density at radius 2 is 1.88 bits per heavy atom. The number of hydrogen-bond acceptors (Lipinski definition) is 4. The van der Waals surface area contributed by atoms with E-state index in [0.29, 0.717) is 13.1 Å². The van der Waals surface area contributed by atoms with Crippen molar-refractivity contribution in [2.45, 2.75) is 44.8 Å². The van der Waals surface area contributed by atoms with Crippen molar-refractivity contribution in [2.75, 3.05) is 27.2 Å². The Morgan fingerprint density at radius 1 is 1.24 bits per heavy atom. The van der Waals surface area contributed by atoms with Gasteiger partial charge in [-0.3, -0.25) is 14.5 Å². The van der Waals surface area contributed by atoms with Crippen LogP contribution >= 0.6 is 11.3 Å². The third-order valence-electron chi connectivity index (χ3n) is 5.26. The highest BCUT2D eigenvalue weighted by molar-refractivity contribution is 7.13. The number of hydrogen-bond donors (Lipinski definition) is 0. The first-order chi connectivity index (χ1) is 11.7. The van der Waals surface area contributed by atoms with E-state index in [-0.39, 0.29) is 29.4 Å². The van der Waals surface area contributed by atoms with Crippen LogP contribution in [0.2, 0.25) is 0 Å². The summed E-state index contributed by atoms with van der Waals surface area (Å²) < 4.78 is 0. The number of nitrogens with zero attached hydrogens (tertiary/aromatic N) is 3. The van der Waals surface area contributed by atoms with Crippen LogP contribution < -0.4 is 0 Å². The molecule has 5 nitrogen and oxygen atoms in total. The molecule has 0 spiro atoms. The van der Waals surface area contributed by atoms with Crippen molar-refractivity contribution in [1.82, 2.24) is 14.7 Å². The fraction of sp³-hybridized carbons (Fsp3) is 0.579. The second-order valence-electron chi connectivity index (χ2n) is 7.58. The van der Waals surface area contributed by atoms with Gasteiger partial charge < -0.3 is 9.80 Å². The minimum absolute atomic E-state index is 0.0831. The van der Waals surface area contributed by atoms with Gasteiger partial charge in [-0.2, -0.15) is 0 Å². The largest absolute Gasteiger partial charge is 0.334 e. The Labute approximate surface area is 153 Å². The Kier molecular flexibility index (Phi) is 4.65. The van der Waals surface area contributed by atoms with Crippen molar-refractivity contribution >= 4 is 23.2 Å². The van der Waals surface area contributed by atoms with E-state index in [2.05, 4.69) is 11.8 Å². The number of carbonyl (C=O) groups is 2. The molecule has 2 amide bonds. The number of aryl methyl sites for hydroxylation is 1. The van der Waals surface area contributed by atoms with Crippen molar-refractivity contribution in [1.29, 1.82) is 0 Å². The number of thiophene rings is 1. The summed E-state index contributed by atoms with van der Waals surface area (Å²) in [6.45, 7) is 7.21. The van der Waals surface area contributed by atoms with Gasteiger partial charge in [-0.1, -0.05) is 5.92 Å². The van der Waals surface area contributed by atoms with Gasteiger partial charge in [-0.25, -0.2) is 0 Å². The molecule has 2 atom stereocenters. The highest BCUT2D eigenvalue weighted by atomic mass is 32.1. The highest BCUT2D eigenvalue weighted by Gasteiger charge is 2.48. The smallest absolute Gasteiger partial charge is 0.299 e. The van der Waals surface area contributed by atoms with E-state index in [1.165, 1.54) is 11.3 Å². The molecule has 2 bridgehead atoms. The molecule has 0 radical (unpaired) electrons. The fourth-order valence-corrected chi connectivity index (χ4v) is 4.03. The molecule has 3 saturated heterocycles. The first kappa shape index (κ1) is 18.0. The average molecular weight is 359 g/mol. The molecule has 0 saturated carbocycles. The average Bonchev–Trinajstić information content (AvgIpc) is 2.98. The van der Waals surface area contributed by atoms with E-state index >= 15 is 0 Å². The summed E-state index contributed by atoms with van der Waals surface area (Å²) in [5.74, 6) is 5.84. The number of piperidine rings is 1. The molecular weight excluding hydrogens is 334 g/mol. The minimum Gasteiger partial charge on any atom is -0.334 e. The monoisotopic (exact) mass is 359 g/mol. The number of fused-ring (bicyclic) bond motifs is 2. The van der Waals surface area contributed by atoms with Crippen molar-refractivity contribution < 1.29 is 9.59 Å². The summed E-state index contributed by atoms with van der Waals surface area (Å²) in [6, 6.07) is 4.07. The Morgan fingerprint density at radius 3 is 2.40 bits per heavy atom. The van der Waals surface area contributed by atoms with Gasteiger partial charge in [0, 0.05) is 18.0 Å². The van der Waals surface area contributed by atoms with Gasteiger partial charge in [-0.05, 0) is 59.3 Å². The molecule has 4 heterocycles. The van der Waals surface area contributed by atoms with Crippen LogP contribution in [0, 0.1) is 18.8 Å². The zero-order chi connectivity index (χ0) is 18.4.